The van der Waals surface area contributed by atoms with Gasteiger partial charge in [-0.2, -0.15) is 0 Å². The molecule has 3 nitrogen and oxygen atoms in total. The second-order valence-corrected chi connectivity index (χ2v) is 6.12. The highest BCUT2D eigenvalue weighted by atomic mass is 15.2. The molecule has 20 heavy (non-hydrogen) atoms. The van der Waals surface area contributed by atoms with Gasteiger partial charge in [0, 0.05) is 23.8 Å². The molecule has 1 fully saturated rings. The van der Waals surface area contributed by atoms with E-state index in [1.165, 1.54) is 42.0 Å². The van der Waals surface area contributed by atoms with Gasteiger partial charge in [-0.05, 0) is 41.7 Å². The molecule has 106 valence electrons. The number of pyridine rings is 1. The summed E-state index contributed by atoms with van der Waals surface area (Å²) < 4.78 is 0. The second kappa shape index (κ2) is 5.90. The molecule has 0 spiro atoms. The van der Waals surface area contributed by atoms with Crippen molar-refractivity contribution in [2.45, 2.75) is 38.6 Å². The van der Waals surface area contributed by atoms with Crippen LogP contribution in [0.25, 0.3) is 10.8 Å². The van der Waals surface area contributed by atoms with Crippen molar-refractivity contribution in [3.8, 4) is 0 Å². The van der Waals surface area contributed by atoms with Crippen LogP contribution in [-0.2, 0) is 0 Å². The normalized spacial score (nSPS) is 24.7. The molecule has 0 radical (unpaired) electrons. The number of hydrazine groups is 1. The lowest BCUT2D eigenvalue weighted by atomic mass is 9.76. The van der Waals surface area contributed by atoms with Crippen LogP contribution >= 0.6 is 0 Å². The maximum absolute atomic E-state index is 5.90. The highest BCUT2D eigenvalue weighted by molar-refractivity contribution is 5.85. The van der Waals surface area contributed by atoms with Gasteiger partial charge in [0.2, 0.25) is 0 Å². The summed E-state index contributed by atoms with van der Waals surface area (Å²) in [5.74, 6) is 7.33. The van der Waals surface area contributed by atoms with E-state index < -0.39 is 0 Å². The average molecular weight is 269 g/mol. The van der Waals surface area contributed by atoms with Gasteiger partial charge in [-0.25, -0.2) is 0 Å². The van der Waals surface area contributed by atoms with Gasteiger partial charge in [0.05, 0.1) is 0 Å². The predicted octanol–water partition coefficient (Wildman–Crippen LogP) is 3.57. The number of hydrogen-bond acceptors (Lipinski definition) is 3. The third kappa shape index (κ3) is 2.56. The molecule has 3 atom stereocenters. The van der Waals surface area contributed by atoms with Gasteiger partial charge in [-0.15, -0.1) is 0 Å². The summed E-state index contributed by atoms with van der Waals surface area (Å²) in [5.41, 5.74) is 4.36. The van der Waals surface area contributed by atoms with Crippen LogP contribution in [0.5, 0.6) is 0 Å². The standard InChI is InChI=1S/C17H23N3/c1-12-4-2-6-14(10-12)17(20-18)15-7-3-5-13-8-9-19-11-16(13)15/h3,5,7-9,11-12,14,17,20H,2,4,6,10,18H2,1H3. The summed E-state index contributed by atoms with van der Waals surface area (Å²) in [6, 6.07) is 8.74. The maximum atomic E-state index is 5.90. The molecule has 0 saturated heterocycles. The lowest BCUT2D eigenvalue weighted by Gasteiger charge is -2.33. The minimum atomic E-state index is 0.227. The van der Waals surface area contributed by atoms with Crippen molar-refractivity contribution in [2.24, 2.45) is 17.7 Å². The third-order valence-electron chi connectivity index (χ3n) is 4.68. The minimum absolute atomic E-state index is 0.227. The number of nitrogens with two attached hydrogens (primary N) is 1. The summed E-state index contributed by atoms with van der Waals surface area (Å²) in [7, 11) is 0. The molecule has 3 heteroatoms. The monoisotopic (exact) mass is 269 g/mol. The topological polar surface area (TPSA) is 50.9 Å². The minimum Gasteiger partial charge on any atom is -0.271 e. The van der Waals surface area contributed by atoms with Crippen molar-refractivity contribution in [2.75, 3.05) is 0 Å². The quantitative estimate of drug-likeness (QED) is 0.661. The van der Waals surface area contributed by atoms with E-state index in [0.717, 1.165) is 5.92 Å². The molecule has 1 aliphatic carbocycles. The van der Waals surface area contributed by atoms with E-state index in [4.69, 9.17) is 5.84 Å². The molecular weight excluding hydrogens is 246 g/mol. The van der Waals surface area contributed by atoms with Crippen molar-refractivity contribution >= 4 is 10.8 Å². The van der Waals surface area contributed by atoms with E-state index in [1.54, 1.807) is 0 Å². The SMILES string of the molecule is CC1CCCC(C(NN)c2cccc3ccncc23)C1. The number of nitrogens with one attached hydrogen (secondary N) is 1. The summed E-state index contributed by atoms with van der Waals surface area (Å²) in [6.45, 7) is 2.35. The fourth-order valence-corrected chi connectivity index (χ4v) is 3.67. The van der Waals surface area contributed by atoms with Crippen LogP contribution in [0.4, 0.5) is 0 Å². The Labute approximate surface area is 120 Å². The van der Waals surface area contributed by atoms with Crippen LogP contribution in [0.2, 0.25) is 0 Å². The van der Waals surface area contributed by atoms with Gasteiger partial charge >= 0.3 is 0 Å². The Kier molecular flexibility index (Phi) is 3.99. The molecule has 3 rings (SSSR count). The zero-order chi connectivity index (χ0) is 13.9. The van der Waals surface area contributed by atoms with Crippen LogP contribution in [-0.4, -0.2) is 4.98 Å². The predicted molar refractivity (Wildman–Crippen MR) is 82.9 cm³/mol. The Balaban J connectivity index is 1.98. The number of nitrogens with zero attached hydrogens (tertiary/aromatic N) is 1. The molecule has 3 unspecified atom stereocenters. The van der Waals surface area contributed by atoms with Crippen molar-refractivity contribution < 1.29 is 0 Å². The maximum Gasteiger partial charge on any atom is 0.0494 e. The lowest BCUT2D eigenvalue weighted by Crippen LogP contribution is -2.35. The third-order valence-corrected chi connectivity index (χ3v) is 4.68. The number of benzene rings is 1. The molecule has 0 amide bonds. The van der Waals surface area contributed by atoms with Crippen molar-refractivity contribution in [3.05, 3.63) is 42.2 Å². The van der Waals surface area contributed by atoms with Crippen LogP contribution < -0.4 is 11.3 Å². The van der Waals surface area contributed by atoms with E-state index in [-0.39, 0.29) is 6.04 Å². The molecule has 3 N–H and O–H groups in total. The highest BCUT2D eigenvalue weighted by Crippen LogP contribution is 2.38. The van der Waals surface area contributed by atoms with Crippen molar-refractivity contribution in [1.29, 1.82) is 0 Å². The van der Waals surface area contributed by atoms with Crippen molar-refractivity contribution in [3.63, 3.8) is 0 Å². The Morgan fingerprint density at radius 2 is 2.20 bits per heavy atom. The van der Waals surface area contributed by atoms with E-state index in [2.05, 4.69) is 41.6 Å². The molecule has 0 bridgehead atoms. The molecular formula is C17H23N3. The number of rotatable bonds is 3. The summed E-state index contributed by atoms with van der Waals surface area (Å²) >= 11 is 0. The molecule has 2 aromatic rings. The van der Waals surface area contributed by atoms with E-state index in [9.17, 15) is 0 Å². The fraction of sp³-hybridized carbons (Fsp3) is 0.471. The Morgan fingerprint density at radius 3 is 3.00 bits per heavy atom. The van der Waals surface area contributed by atoms with Gasteiger partial charge in [-0.1, -0.05) is 38.0 Å². The van der Waals surface area contributed by atoms with Gasteiger partial charge in [0.15, 0.2) is 0 Å². The Morgan fingerprint density at radius 1 is 1.30 bits per heavy atom. The molecule has 1 aromatic carbocycles. The fourth-order valence-electron chi connectivity index (χ4n) is 3.67. The number of hydrogen-bond donors (Lipinski definition) is 2. The summed E-state index contributed by atoms with van der Waals surface area (Å²) in [6.07, 6.45) is 8.99. The van der Waals surface area contributed by atoms with Crippen molar-refractivity contribution in [1.82, 2.24) is 10.4 Å². The number of aromatic nitrogens is 1. The van der Waals surface area contributed by atoms with Crippen LogP contribution in [0.1, 0.15) is 44.2 Å². The van der Waals surface area contributed by atoms with Gasteiger partial charge < -0.3 is 0 Å². The lowest BCUT2D eigenvalue weighted by molar-refractivity contribution is 0.225. The molecule has 1 aliphatic rings. The number of fused-ring (bicyclic) bond motifs is 1. The van der Waals surface area contributed by atoms with E-state index in [0.29, 0.717) is 5.92 Å². The van der Waals surface area contributed by atoms with Gasteiger partial charge in [-0.3, -0.25) is 16.3 Å². The summed E-state index contributed by atoms with van der Waals surface area (Å²) in [4.78, 5) is 4.28. The zero-order valence-corrected chi connectivity index (χ0v) is 12.0. The first kappa shape index (κ1) is 13.5. The highest BCUT2D eigenvalue weighted by Gasteiger charge is 2.28. The summed E-state index contributed by atoms with van der Waals surface area (Å²) in [5, 5.41) is 2.46. The largest absolute Gasteiger partial charge is 0.271 e. The first-order valence-corrected chi connectivity index (χ1v) is 7.58. The molecule has 0 aliphatic heterocycles. The van der Waals surface area contributed by atoms with E-state index in [1.807, 2.05) is 12.4 Å². The molecule has 1 aromatic heterocycles. The Hall–Kier alpha value is -1.45. The average Bonchev–Trinajstić information content (AvgIpc) is 2.48. The van der Waals surface area contributed by atoms with Crippen LogP contribution in [0.3, 0.4) is 0 Å². The first-order valence-electron chi connectivity index (χ1n) is 7.58. The second-order valence-electron chi connectivity index (χ2n) is 6.12. The molecule has 1 saturated carbocycles. The smallest absolute Gasteiger partial charge is 0.0494 e. The first-order chi connectivity index (χ1) is 9.79. The van der Waals surface area contributed by atoms with Gasteiger partial charge in [0.1, 0.15) is 0 Å². The van der Waals surface area contributed by atoms with E-state index >= 15 is 0 Å². The zero-order valence-electron chi connectivity index (χ0n) is 12.0. The Bertz CT molecular complexity index is 576. The van der Waals surface area contributed by atoms with Crippen LogP contribution in [0, 0.1) is 11.8 Å². The van der Waals surface area contributed by atoms with Gasteiger partial charge in [0.25, 0.3) is 0 Å². The molecule has 1 heterocycles. The van der Waals surface area contributed by atoms with Crippen LogP contribution in [0.15, 0.2) is 36.7 Å².